The second kappa shape index (κ2) is 6.69. The molecule has 2 aromatic rings. The van der Waals surface area contributed by atoms with E-state index in [1.165, 1.54) is 6.07 Å². The van der Waals surface area contributed by atoms with E-state index in [-0.39, 0.29) is 24.0 Å². The molecule has 0 unspecified atom stereocenters. The Morgan fingerprint density at radius 2 is 1.88 bits per heavy atom. The van der Waals surface area contributed by atoms with E-state index in [0.717, 1.165) is 30.3 Å². The minimum atomic E-state index is -4.60. The molecular formula is C18H22F3N3O. The fourth-order valence-corrected chi connectivity index (χ4v) is 3.53. The number of imidazole rings is 1. The Morgan fingerprint density at radius 1 is 1.24 bits per heavy atom. The number of halogens is 3. The quantitative estimate of drug-likeness (QED) is 0.833. The second-order valence-corrected chi connectivity index (χ2v) is 6.93. The zero-order chi connectivity index (χ0) is 18.2. The van der Waals surface area contributed by atoms with Crippen molar-refractivity contribution in [3.05, 3.63) is 30.1 Å². The lowest BCUT2D eigenvalue weighted by Crippen LogP contribution is -2.41. The van der Waals surface area contributed by atoms with Gasteiger partial charge in [-0.2, -0.15) is 13.2 Å². The summed E-state index contributed by atoms with van der Waals surface area (Å²) in [6.45, 7) is 1.84. The first-order chi connectivity index (χ1) is 11.8. The third-order valence-electron chi connectivity index (χ3n) is 5.13. The Morgan fingerprint density at radius 3 is 2.52 bits per heavy atom. The molecule has 0 atom stereocenters. The van der Waals surface area contributed by atoms with Crippen LogP contribution in [0, 0.1) is 5.92 Å². The fourth-order valence-electron chi connectivity index (χ4n) is 3.53. The minimum absolute atomic E-state index is 0.104. The van der Waals surface area contributed by atoms with Crippen molar-refractivity contribution in [3.63, 3.8) is 0 Å². The predicted octanol–water partition coefficient (Wildman–Crippen LogP) is 4.09. The minimum Gasteiger partial charge on any atom is -0.341 e. The molecular weight excluding hydrogens is 331 g/mol. The Hall–Kier alpha value is -2.05. The van der Waals surface area contributed by atoms with Gasteiger partial charge < -0.3 is 9.47 Å². The lowest BCUT2D eigenvalue weighted by atomic mass is 9.87. The summed E-state index contributed by atoms with van der Waals surface area (Å²) < 4.78 is 41.0. The zero-order valence-corrected chi connectivity index (χ0v) is 14.4. The fraction of sp³-hybridized carbons (Fsp3) is 0.556. The Balaban J connectivity index is 1.85. The molecule has 136 valence electrons. The third-order valence-corrected chi connectivity index (χ3v) is 5.13. The monoisotopic (exact) mass is 353 g/mol. The van der Waals surface area contributed by atoms with Gasteiger partial charge in [-0.25, -0.2) is 4.98 Å². The van der Waals surface area contributed by atoms with E-state index in [0.29, 0.717) is 11.4 Å². The summed E-state index contributed by atoms with van der Waals surface area (Å²) in [6.07, 6.45) is -0.702. The van der Waals surface area contributed by atoms with Crippen molar-refractivity contribution >= 4 is 16.9 Å². The number of para-hydroxylation sites is 2. The highest BCUT2D eigenvalue weighted by Crippen LogP contribution is 2.32. The van der Waals surface area contributed by atoms with Gasteiger partial charge in [0.25, 0.3) is 0 Å². The van der Waals surface area contributed by atoms with Crippen LogP contribution in [0.4, 0.5) is 13.2 Å². The molecule has 3 rings (SSSR count). The van der Waals surface area contributed by atoms with E-state index in [2.05, 4.69) is 11.9 Å². The van der Waals surface area contributed by atoms with Crippen LogP contribution < -0.4 is 0 Å². The molecule has 0 bridgehead atoms. The van der Waals surface area contributed by atoms with Gasteiger partial charge in [-0.1, -0.05) is 19.1 Å². The maximum Gasteiger partial charge on any atom is 0.449 e. The van der Waals surface area contributed by atoms with Crippen molar-refractivity contribution in [2.45, 2.75) is 51.4 Å². The number of fused-ring (bicyclic) bond motifs is 1. The molecule has 0 saturated heterocycles. The van der Waals surface area contributed by atoms with E-state index < -0.39 is 12.0 Å². The number of amides is 1. The maximum absolute atomic E-state index is 13.3. The maximum atomic E-state index is 13.3. The van der Waals surface area contributed by atoms with Crippen molar-refractivity contribution in [2.75, 3.05) is 7.05 Å². The first-order valence-electron chi connectivity index (χ1n) is 8.55. The number of likely N-dealkylation sites (N-methyl/N-ethyl adjacent to an activating group) is 1. The molecule has 1 aromatic heterocycles. The molecule has 25 heavy (non-hydrogen) atoms. The van der Waals surface area contributed by atoms with Crippen LogP contribution in [0.25, 0.3) is 11.0 Å². The molecule has 1 amide bonds. The van der Waals surface area contributed by atoms with Crippen molar-refractivity contribution in [1.29, 1.82) is 0 Å². The molecule has 1 heterocycles. The molecule has 7 heteroatoms. The molecule has 0 N–H and O–H groups in total. The molecule has 4 nitrogen and oxygen atoms in total. The van der Waals surface area contributed by atoms with Crippen molar-refractivity contribution in [3.8, 4) is 0 Å². The van der Waals surface area contributed by atoms with E-state index in [1.54, 1.807) is 30.1 Å². The van der Waals surface area contributed by atoms with Crippen molar-refractivity contribution < 1.29 is 18.0 Å². The zero-order valence-electron chi connectivity index (χ0n) is 14.4. The number of carbonyl (C=O) groups is 1. The van der Waals surface area contributed by atoms with E-state index in [1.807, 2.05) is 0 Å². The SMILES string of the molecule is CC1CCC(N(C)C(=O)Cn2c(C(F)(F)F)nc3ccccc32)CC1. The molecule has 1 aliphatic carbocycles. The highest BCUT2D eigenvalue weighted by atomic mass is 19.4. The molecule has 0 radical (unpaired) electrons. The predicted molar refractivity (Wildman–Crippen MR) is 88.9 cm³/mol. The van der Waals surface area contributed by atoms with Gasteiger partial charge in [0, 0.05) is 13.1 Å². The number of rotatable bonds is 3. The van der Waals surface area contributed by atoms with Crippen LogP contribution in [0.5, 0.6) is 0 Å². The van der Waals surface area contributed by atoms with Gasteiger partial charge in [-0.05, 0) is 43.7 Å². The summed E-state index contributed by atoms with van der Waals surface area (Å²) in [4.78, 5) is 17.9. The molecule has 1 aliphatic rings. The largest absolute Gasteiger partial charge is 0.449 e. The van der Waals surface area contributed by atoms with Gasteiger partial charge in [0.1, 0.15) is 6.54 Å². The summed E-state index contributed by atoms with van der Waals surface area (Å²) in [5.41, 5.74) is 0.575. The highest BCUT2D eigenvalue weighted by Gasteiger charge is 2.38. The van der Waals surface area contributed by atoms with Crippen LogP contribution in [-0.2, 0) is 17.5 Å². The van der Waals surface area contributed by atoms with Gasteiger partial charge in [0.15, 0.2) is 0 Å². The Bertz CT molecular complexity index is 761. The number of hydrogen-bond acceptors (Lipinski definition) is 2. The standard InChI is InChI=1S/C18H22F3N3O/c1-12-7-9-13(10-8-12)23(2)16(25)11-24-15-6-4-3-5-14(15)22-17(24)18(19,20)21/h3-6,12-13H,7-11H2,1-2H3. The summed E-state index contributed by atoms with van der Waals surface area (Å²) >= 11 is 0. The van der Waals surface area contributed by atoms with Crippen LogP contribution in [0.2, 0.25) is 0 Å². The van der Waals surface area contributed by atoms with Crippen molar-refractivity contribution in [2.24, 2.45) is 5.92 Å². The van der Waals surface area contributed by atoms with Gasteiger partial charge in [0.2, 0.25) is 11.7 Å². The summed E-state index contributed by atoms with van der Waals surface area (Å²) in [7, 11) is 1.69. The lowest BCUT2D eigenvalue weighted by Gasteiger charge is -2.33. The van der Waals surface area contributed by atoms with Crippen molar-refractivity contribution in [1.82, 2.24) is 14.5 Å². The topological polar surface area (TPSA) is 38.1 Å². The number of aromatic nitrogens is 2. The average Bonchev–Trinajstić information content (AvgIpc) is 2.94. The lowest BCUT2D eigenvalue weighted by molar-refractivity contribution is -0.148. The highest BCUT2D eigenvalue weighted by molar-refractivity contribution is 5.81. The normalized spacial score (nSPS) is 21.5. The molecule has 1 fully saturated rings. The molecule has 0 aliphatic heterocycles. The van der Waals surface area contributed by atoms with E-state index >= 15 is 0 Å². The number of benzene rings is 1. The third kappa shape index (κ3) is 3.65. The van der Waals surface area contributed by atoms with Crippen LogP contribution in [0.1, 0.15) is 38.4 Å². The van der Waals surface area contributed by atoms with E-state index in [4.69, 9.17) is 0 Å². The van der Waals surface area contributed by atoms with Crippen LogP contribution in [-0.4, -0.2) is 33.4 Å². The van der Waals surface area contributed by atoms with Gasteiger partial charge in [-0.3, -0.25) is 4.79 Å². The Kier molecular flexibility index (Phi) is 4.75. The number of alkyl halides is 3. The molecule has 1 saturated carbocycles. The number of nitrogens with zero attached hydrogens (tertiary/aromatic N) is 3. The average molecular weight is 353 g/mol. The van der Waals surface area contributed by atoms with Gasteiger partial charge in [-0.15, -0.1) is 0 Å². The number of carbonyl (C=O) groups excluding carboxylic acids is 1. The van der Waals surface area contributed by atoms with Gasteiger partial charge in [0.05, 0.1) is 11.0 Å². The van der Waals surface area contributed by atoms with Crippen LogP contribution in [0.3, 0.4) is 0 Å². The number of hydrogen-bond donors (Lipinski definition) is 0. The summed E-state index contributed by atoms with van der Waals surface area (Å²) in [5, 5.41) is 0. The van der Waals surface area contributed by atoms with Crippen LogP contribution in [0.15, 0.2) is 24.3 Å². The van der Waals surface area contributed by atoms with Gasteiger partial charge >= 0.3 is 6.18 Å². The summed E-state index contributed by atoms with van der Waals surface area (Å²) in [6, 6.07) is 6.48. The molecule has 1 aromatic carbocycles. The first-order valence-corrected chi connectivity index (χ1v) is 8.55. The molecule has 0 spiro atoms. The Labute approximate surface area is 144 Å². The van der Waals surface area contributed by atoms with Crippen LogP contribution >= 0.6 is 0 Å². The first kappa shape index (κ1) is 17.8. The summed E-state index contributed by atoms with van der Waals surface area (Å²) in [5.74, 6) is -0.685. The second-order valence-electron chi connectivity index (χ2n) is 6.93. The van der Waals surface area contributed by atoms with E-state index in [9.17, 15) is 18.0 Å². The smallest absolute Gasteiger partial charge is 0.341 e.